The van der Waals surface area contributed by atoms with E-state index >= 15 is 0 Å². The van der Waals surface area contributed by atoms with E-state index in [0.29, 0.717) is 19.1 Å². The molecule has 35 heavy (non-hydrogen) atoms. The molecular formula is C30H44F2O3. The highest BCUT2D eigenvalue weighted by Gasteiger charge is 2.31. The minimum Gasteiger partial charge on any atom is -0.490 e. The molecular weight excluding hydrogens is 446 g/mol. The average molecular weight is 491 g/mol. The predicted octanol–water partition coefficient (Wildman–Crippen LogP) is 8.14. The molecule has 3 nitrogen and oxygen atoms in total. The van der Waals surface area contributed by atoms with Gasteiger partial charge in [-0.15, -0.1) is 0 Å². The molecule has 0 spiro atoms. The molecule has 3 aliphatic rings. The molecule has 196 valence electrons. The van der Waals surface area contributed by atoms with Crippen LogP contribution in [0.5, 0.6) is 11.5 Å². The first kappa shape index (κ1) is 26.4. The van der Waals surface area contributed by atoms with Gasteiger partial charge in [0.15, 0.2) is 11.5 Å². The quantitative estimate of drug-likeness (QED) is 0.311. The fraction of sp³-hybridized carbons (Fsp3) is 0.767. The van der Waals surface area contributed by atoms with Crippen molar-refractivity contribution in [3.63, 3.8) is 0 Å². The third-order valence-electron chi connectivity index (χ3n) is 9.19. The Kier molecular flexibility index (Phi) is 9.85. The lowest BCUT2D eigenvalue weighted by Gasteiger charge is -2.37. The Hall–Kier alpha value is -1.65. The second-order valence-corrected chi connectivity index (χ2v) is 11.6. The van der Waals surface area contributed by atoms with Gasteiger partial charge < -0.3 is 14.3 Å². The van der Waals surface area contributed by atoms with Gasteiger partial charge in [0.1, 0.15) is 6.29 Å². The maximum atomic E-state index is 14.7. The van der Waals surface area contributed by atoms with Gasteiger partial charge in [-0.25, -0.2) is 0 Å². The zero-order valence-electron chi connectivity index (χ0n) is 21.5. The summed E-state index contributed by atoms with van der Waals surface area (Å²) in [6.07, 6.45) is 17.6. The lowest BCUT2D eigenvalue weighted by Crippen LogP contribution is -2.27. The molecule has 0 heterocycles. The number of rotatable bonds is 10. The maximum absolute atomic E-state index is 14.7. The van der Waals surface area contributed by atoms with Gasteiger partial charge in [-0.2, -0.15) is 8.78 Å². The SMILES string of the molecule is CCCC1CCC(C2CCC(COc3ccc(OCC4CCC(C=O)CC4)c(F)c3F)CC2)CC1. The van der Waals surface area contributed by atoms with E-state index in [2.05, 4.69) is 6.92 Å². The second kappa shape index (κ2) is 13.1. The van der Waals surface area contributed by atoms with Gasteiger partial charge in [-0.3, -0.25) is 0 Å². The van der Waals surface area contributed by atoms with Crippen LogP contribution < -0.4 is 9.47 Å². The lowest BCUT2D eigenvalue weighted by molar-refractivity contribution is -0.112. The lowest BCUT2D eigenvalue weighted by atomic mass is 9.69. The van der Waals surface area contributed by atoms with Crippen molar-refractivity contribution in [3.05, 3.63) is 23.8 Å². The van der Waals surface area contributed by atoms with E-state index in [4.69, 9.17) is 9.47 Å². The maximum Gasteiger partial charge on any atom is 0.204 e. The number of hydrogen-bond acceptors (Lipinski definition) is 3. The van der Waals surface area contributed by atoms with E-state index in [1.807, 2.05) is 0 Å². The number of halogens is 2. The molecule has 3 fully saturated rings. The molecule has 0 atom stereocenters. The molecule has 0 aliphatic heterocycles. The summed E-state index contributed by atoms with van der Waals surface area (Å²) >= 11 is 0. The minimum atomic E-state index is -0.966. The Balaban J connectivity index is 1.18. The molecule has 0 unspecified atom stereocenters. The fourth-order valence-electron chi connectivity index (χ4n) is 6.83. The van der Waals surface area contributed by atoms with Crippen LogP contribution in [0, 0.1) is 47.1 Å². The first-order chi connectivity index (χ1) is 17.1. The number of carbonyl (C=O) groups is 1. The van der Waals surface area contributed by atoms with Gasteiger partial charge in [0, 0.05) is 5.92 Å². The molecule has 0 radical (unpaired) electrons. The van der Waals surface area contributed by atoms with Crippen molar-refractivity contribution in [3.8, 4) is 11.5 Å². The fourth-order valence-corrected chi connectivity index (χ4v) is 6.83. The zero-order chi connectivity index (χ0) is 24.6. The number of carbonyl (C=O) groups excluding carboxylic acids is 1. The van der Waals surface area contributed by atoms with E-state index in [1.165, 1.54) is 63.5 Å². The molecule has 3 saturated carbocycles. The molecule has 5 heteroatoms. The summed E-state index contributed by atoms with van der Waals surface area (Å²) in [5.74, 6) is 1.54. The summed E-state index contributed by atoms with van der Waals surface area (Å²) in [6.45, 7) is 3.10. The smallest absolute Gasteiger partial charge is 0.204 e. The van der Waals surface area contributed by atoms with E-state index in [0.717, 1.165) is 62.6 Å². The van der Waals surface area contributed by atoms with Crippen molar-refractivity contribution in [2.75, 3.05) is 13.2 Å². The van der Waals surface area contributed by atoms with E-state index < -0.39 is 11.6 Å². The van der Waals surface area contributed by atoms with E-state index in [9.17, 15) is 13.6 Å². The Morgan fingerprint density at radius 2 is 1.14 bits per heavy atom. The van der Waals surface area contributed by atoms with Crippen molar-refractivity contribution in [1.82, 2.24) is 0 Å². The summed E-state index contributed by atoms with van der Waals surface area (Å²) in [6, 6.07) is 2.98. The summed E-state index contributed by atoms with van der Waals surface area (Å²) in [5, 5.41) is 0. The van der Waals surface area contributed by atoms with Gasteiger partial charge in [-0.1, -0.05) is 32.6 Å². The largest absolute Gasteiger partial charge is 0.490 e. The molecule has 1 aromatic rings. The third-order valence-corrected chi connectivity index (χ3v) is 9.19. The topological polar surface area (TPSA) is 35.5 Å². The van der Waals surface area contributed by atoms with Crippen LogP contribution in [0.2, 0.25) is 0 Å². The minimum absolute atomic E-state index is 0.0160. The van der Waals surface area contributed by atoms with Crippen LogP contribution in [0.4, 0.5) is 8.78 Å². The van der Waals surface area contributed by atoms with Crippen LogP contribution in [0.3, 0.4) is 0 Å². The first-order valence-corrected chi connectivity index (χ1v) is 14.3. The third kappa shape index (κ3) is 7.20. The van der Waals surface area contributed by atoms with Crippen molar-refractivity contribution >= 4 is 6.29 Å². The van der Waals surface area contributed by atoms with Gasteiger partial charge >= 0.3 is 0 Å². The molecule has 0 amide bonds. The van der Waals surface area contributed by atoms with Gasteiger partial charge in [0.2, 0.25) is 11.6 Å². The highest BCUT2D eigenvalue weighted by Crippen LogP contribution is 2.42. The van der Waals surface area contributed by atoms with Crippen LogP contribution >= 0.6 is 0 Å². The van der Waals surface area contributed by atoms with Crippen LogP contribution in [0.1, 0.15) is 96.8 Å². The van der Waals surface area contributed by atoms with E-state index in [-0.39, 0.29) is 23.3 Å². The van der Waals surface area contributed by atoms with Gasteiger partial charge in [0.05, 0.1) is 13.2 Å². The Bertz CT molecular complexity index is 789. The van der Waals surface area contributed by atoms with E-state index in [1.54, 1.807) is 0 Å². The number of hydrogen-bond donors (Lipinski definition) is 0. The summed E-state index contributed by atoms with van der Waals surface area (Å²) in [4.78, 5) is 10.9. The molecule has 4 rings (SSSR count). The predicted molar refractivity (Wildman–Crippen MR) is 135 cm³/mol. The summed E-state index contributed by atoms with van der Waals surface area (Å²) < 4.78 is 40.6. The Morgan fingerprint density at radius 3 is 1.57 bits per heavy atom. The van der Waals surface area contributed by atoms with Gasteiger partial charge in [-0.05, 0) is 106 Å². The molecule has 0 saturated heterocycles. The van der Waals surface area contributed by atoms with Crippen molar-refractivity contribution in [2.24, 2.45) is 35.5 Å². The van der Waals surface area contributed by atoms with Crippen molar-refractivity contribution in [1.29, 1.82) is 0 Å². The van der Waals surface area contributed by atoms with Crippen LogP contribution in [0.15, 0.2) is 12.1 Å². The average Bonchev–Trinajstić information content (AvgIpc) is 2.90. The highest BCUT2D eigenvalue weighted by molar-refractivity contribution is 5.53. The zero-order valence-corrected chi connectivity index (χ0v) is 21.5. The number of aldehydes is 1. The molecule has 3 aliphatic carbocycles. The highest BCUT2D eigenvalue weighted by atomic mass is 19.2. The summed E-state index contributed by atoms with van der Waals surface area (Å²) in [7, 11) is 0. The van der Waals surface area contributed by atoms with Gasteiger partial charge in [0.25, 0.3) is 0 Å². The van der Waals surface area contributed by atoms with Crippen LogP contribution in [0.25, 0.3) is 0 Å². The number of ether oxygens (including phenoxy) is 2. The Labute approximate surface area is 210 Å². The van der Waals surface area contributed by atoms with Crippen molar-refractivity contribution in [2.45, 2.75) is 96.8 Å². The van der Waals surface area contributed by atoms with Crippen LogP contribution in [-0.4, -0.2) is 19.5 Å². The number of benzene rings is 1. The standard InChI is InChI=1S/C30H44F2O3/c1-2-3-21-8-12-25(13-9-21)26-14-10-24(11-15-26)20-35-28-17-16-27(29(31)30(28)32)34-19-23-6-4-22(18-33)5-7-23/h16-18,21-26H,2-15,19-20H2,1H3. The summed E-state index contributed by atoms with van der Waals surface area (Å²) in [5.41, 5.74) is 0. The first-order valence-electron chi connectivity index (χ1n) is 14.3. The monoisotopic (exact) mass is 490 g/mol. The second-order valence-electron chi connectivity index (χ2n) is 11.6. The molecule has 1 aromatic carbocycles. The normalized spacial score (nSPS) is 31.6. The molecule has 0 bridgehead atoms. The van der Waals surface area contributed by atoms with Crippen LogP contribution in [-0.2, 0) is 4.79 Å². The Morgan fingerprint density at radius 1 is 0.714 bits per heavy atom. The van der Waals surface area contributed by atoms with Crippen molar-refractivity contribution < 1.29 is 23.0 Å². The molecule has 0 N–H and O–H groups in total. The molecule has 0 aromatic heterocycles.